The van der Waals surface area contributed by atoms with E-state index in [1.807, 2.05) is 0 Å². The zero-order chi connectivity index (χ0) is 42.9. The Bertz CT molecular complexity index is 3720. The monoisotopic (exact) mass is 826 g/mol. The van der Waals surface area contributed by atoms with E-state index in [0.717, 1.165) is 17.1 Å². The minimum atomic E-state index is -0.509. The van der Waals surface area contributed by atoms with Gasteiger partial charge in [-0.3, -0.25) is 0 Å². The Kier molecular flexibility index (Phi) is 8.47. The Labute approximate surface area is 378 Å². The molecule has 2 heterocycles. The minimum Gasteiger partial charge on any atom is -0.315 e. The summed E-state index contributed by atoms with van der Waals surface area (Å²) in [4.78, 5) is 2.44. The van der Waals surface area contributed by atoms with Crippen molar-refractivity contribution >= 4 is 55.0 Å². The van der Waals surface area contributed by atoms with Crippen LogP contribution in [-0.2, 0) is 5.41 Å². The molecule has 0 unspecified atom stereocenters. The third-order valence-corrected chi connectivity index (χ3v) is 13.8. The van der Waals surface area contributed by atoms with E-state index in [1.165, 1.54) is 93.6 Å². The van der Waals surface area contributed by atoms with Crippen LogP contribution in [0.25, 0.3) is 71.3 Å². The summed E-state index contributed by atoms with van der Waals surface area (Å²) in [5.74, 6) is 0. The zero-order valence-electron chi connectivity index (χ0n) is 35.6. The second-order valence-corrected chi connectivity index (χ2v) is 17.2. The van der Waals surface area contributed by atoms with Crippen LogP contribution in [0.15, 0.2) is 255 Å². The van der Waals surface area contributed by atoms with E-state index in [9.17, 15) is 0 Å². The molecule has 0 bridgehead atoms. The van der Waals surface area contributed by atoms with Crippen molar-refractivity contribution in [3.05, 3.63) is 277 Å². The highest BCUT2D eigenvalue weighted by Gasteiger charge is 2.46. The van der Waals surface area contributed by atoms with Crippen LogP contribution in [0.2, 0.25) is 0 Å². The van der Waals surface area contributed by atoms with Crippen molar-refractivity contribution in [2.24, 2.45) is 0 Å². The second kappa shape index (κ2) is 14.8. The summed E-state index contributed by atoms with van der Waals surface area (Å²) in [5, 5.41) is 6.21. The van der Waals surface area contributed by atoms with Crippen molar-refractivity contribution < 1.29 is 0 Å². The van der Waals surface area contributed by atoms with E-state index in [2.05, 4.69) is 264 Å². The van der Waals surface area contributed by atoms with Crippen molar-refractivity contribution in [1.29, 1.82) is 0 Å². The Morgan fingerprint density at radius 1 is 0.354 bits per heavy atom. The Morgan fingerprint density at radius 2 is 0.923 bits per heavy atom. The molecule has 0 amide bonds. The van der Waals surface area contributed by atoms with E-state index < -0.39 is 5.41 Å². The lowest BCUT2D eigenvalue weighted by Crippen LogP contribution is -2.28. The molecule has 65 heavy (non-hydrogen) atoms. The molecule has 2 heteroatoms. The molecule has 1 aliphatic rings. The van der Waals surface area contributed by atoms with Gasteiger partial charge in [0.1, 0.15) is 0 Å². The fraction of sp³-hybridized carbons (Fsp3) is 0.0159. The highest BCUT2D eigenvalue weighted by molar-refractivity contribution is 6.20. The van der Waals surface area contributed by atoms with Gasteiger partial charge >= 0.3 is 0 Å². The van der Waals surface area contributed by atoms with Gasteiger partial charge in [-0.15, -0.1) is 0 Å². The van der Waals surface area contributed by atoms with Gasteiger partial charge in [0.25, 0.3) is 0 Å². The normalized spacial score (nSPS) is 12.7. The molecule has 0 fully saturated rings. The molecule has 10 aromatic carbocycles. The number of aromatic nitrogens is 1. The van der Waals surface area contributed by atoms with E-state index in [-0.39, 0.29) is 0 Å². The van der Waals surface area contributed by atoms with Gasteiger partial charge in [0.05, 0.1) is 16.4 Å². The van der Waals surface area contributed by atoms with E-state index in [0.29, 0.717) is 0 Å². The Balaban J connectivity index is 1.02. The maximum absolute atomic E-state index is 2.46. The molecule has 0 atom stereocenters. The average molecular weight is 827 g/mol. The van der Waals surface area contributed by atoms with E-state index in [4.69, 9.17) is 0 Å². The average Bonchev–Trinajstić information content (AvgIpc) is 3.89. The van der Waals surface area contributed by atoms with Gasteiger partial charge < -0.3 is 9.30 Å². The van der Waals surface area contributed by atoms with Crippen LogP contribution in [0.5, 0.6) is 0 Å². The fourth-order valence-electron chi connectivity index (χ4n) is 11.0. The largest absolute Gasteiger partial charge is 0.315 e. The predicted octanol–water partition coefficient (Wildman–Crippen LogP) is 16.6. The van der Waals surface area contributed by atoms with Crippen LogP contribution >= 0.6 is 0 Å². The van der Waals surface area contributed by atoms with Crippen LogP contribution in [0.3, 0.4) is 0 Å². The number of fused-ring (bicyclic) bond motifs is 9. The molecule has 2 nitrogen and oxygen atoms in total. The fourth-order valence-corrected chi connectivity index (χ4v) is 11.0. The summed E-state index contributed by atoms with van der Waals surface area (Å²) in [7, 11) is 0. The molecule has 1 aliphatic carbocycles. The summed E-state index contributed by atoms with van der Waals surface area (Å²) in [6.45, 7) is 0. The number of nitrogens with zero attached hydrogens (tertiary/aromatic N) is 2. The minimum absolute atomic E-state index is 0.509. The molecule has 0 aliphatic heterocycles. The SMILES string of the molecule is c1ccc(-c2c3c4ccccc4ccc3n3cccc(-c4ccc(N(c5ccc6c(c5)C(c5ccccc5)(c5ccccc5)c5ccccc5-6)c5ccc6ccccc6c5)cc4)c23)cc1. The van der Waals surface area contributed by atoms with Crippen molar-refractivity contribution in [2.45, 2.75) is 5.41 Å². The van der Waals surface area contributed by atoms with Gasteiger partial charge in [-0.25, -0.2) is 0 Å². The number of anilines is 3. The third kappa shape index (κ3) is 5.67. The number of benzene rings is 10. The smallest absolute Gasteiger partial charge is 0.0714 e. The van der Waals surface area contributed by atoms with Gasteiger partial charge in [0.2, 0.25) is 0 Å². The molecular weight excluding hydrogens is 785 g/mol. The highest BCUT2D eigenvalue weighted by atomic mass is 15.1. The van der Waals surface area contributed by atoms with Gasteiger partial charge in [-0.05, 0) is 115 Å². The quantitative estimate of drug-likeness (QED) is 0.155. The molecule has 2 aromatic heterocycles. The Morgan fingerprint density at radius 3 is 1.69 bits per heavy atom. The maximum atomic E-state index is 2.46. The molecule has 0 N–H and O–H groups in total. The molecule has 0 radical (unpaired) electrons. The summed E-state index contributed by atoms with van der Waals surface area (Å²) in [5.41, 5.74) is 17.7. The second-order valence-electron chi connectivity index (χ2n) is 17.2. The number of rotatable bonds is 7. The molecule has 13 rings (SSSR count). The summed E-state index contributed by atoms with van der Waals surface area (Å²) < 4.78 is 2.39. The lowest BCUT2D eigenvalue weighted by atomic mass is 9.67. The van der Waals surface area contributed by atoms with Crippen LogP contribution in [-0.4, -0.2) is 4.40 Å². The predicted molar refractivity (Wildman–Crippen MR) is 273 cm³/mol. The van der Waals surface area contributed by atoms with Crippen LogP contribution in [0, 0.1) is 0 Å². The highest BCUT2D eigenvalue weighted by Crippen LogP contribution is 2.57. The van der Waals surface area contributed by atoms with E-state index >= 15 is 0 Å². The third-order valence-electron chi connectivity index (χ3n) is 13.8. The topological polar surface area (TPSA) is 7.65 Å². The summed E-state index contributed by atoms with van der Waals surface area (Å²) >= 11 is 0. The van der Waals surface area contributed by atoms with Gasteiger partial charge in [-0.1, -0.05) is 200 Å². The molecule has 0 saturated heterocycles. The van der Waals surface area contributed by atoms with Gasteiger partial charge in [0, 0.05) is 39.8 Å². The van der Waals surface area contributed by atoms with Crippen molar-refractivity contribution in [3.8, 4) is 33.4 Å². The molecule has 12 aromatic rings. The number of hydrogen-bond acceptors (Lipinski definition) is 1. The maximum Gasteiger partial charge on any atom is 0.0714 e. The van der Waals surface area contributed by atoms with Crippen LogP contribution < -0.4 is 4.90 Å². The van der Waals surface area contributed by atoms with Crippen molar-refractivity contribution in [1.82, 2.24) is 4.40 Å². The molecule has 0 spiro atoms. The summed E-state index contributed by atoms with van der Waals surface area (Å²) in [6, 6.07) is 91.6. The van der Waals surface area contributed by atoms with Gasteiger partial charge in [-0.2, -0.15) is 0 Å². The summed E-state index contributed by atoms with van der Waals surface area (Å²) in [6.07, 6.45) is 2.22. The Hall–Kier alpha value is -8.46. The van der Waals surface area contributed by atoms with Crippen LogP contribution in [0.1, 0.15) is 22.3 Å². The molecule has 0 saturated carbocycles. The first-order chi connectivity index (χ1) is 32.3. The molecule has 304 valence electrons. The van der Waals surface area contributed by atoms with Gasteiger partial charge in [0.15, 0.2) is 0 Å². The number of pyridine rings is 1. The van der Waals surface area contributed by atoms with Crippen molar-refractivity contribution in [3.63, 3.8) is 0 Å². The van der Waals surface area contributed by atoms with Crippen molar-refractivity contribution in [2.75, 3.05) is 4.90 Å². The zero-order valence-corrected chi connectivity index (χ0v) is 35.6. The first kappa shape index (κ1) is 37.1. The standard InChI is InChI=1S/C63H42N2/c1-4-19-46(20-5-1)60-61-53-26-13-12-18-44(53)33-39-59(61)64-40-16-28-54(62(60)64)45-31-34-50(35-32-45)65(51-36-30-43-17-10-11-21-47(43)41-51)52-37-38-56-55-27-14-15-29-57(55)63(58(56)42-52,48-22-6-2-7-23-48)49-24-8-3-9-25-49/h1-42H. The lowest BCUT2D eigenvalue weighted by Gasteiger charge is -2.35. The lowest BCUT2D eigenvalue weighted by molar-refractivity contribution is 0.768. The first-order valence-electron chi connectivity index (χ1n) is 22.5. The van der Waals surface area contributed by atoms with E-state index in [1.54, 1.807) is 0 Å². The first-order valence-corrected chi connectivity index (χ1v) is 22.5. The molecular formula is C63H42N2. The number of hydrogen-bond donors (Lipinski definition) is 0. The van der Waals surface area contributed by atoms with Crippen LogP contribution in [0.4, 0.5) is 17.1 Å².